The van der Waals surface area contributed by atoms with Crippen molar-refractivity contribution in [1.29, 1.82) is 0 Å². The maximum atomic E-state index is 13.2. The third-order valence-corrected chi connectivity index (χ3v) is 7.48. The molecule has 2 rings (SSSR count). The quantitative estimate of drug-likeness (QED) is 0.307. The zero-order valence-corrected chi connectivity index (χ0v) is 21.5. The molecule has 0 spiro atoms. The Morgan fingerprint density at radius 2 is 1.54 bits per heavy atom. The van der Waals surface area contributed by atoms with Crippen molar-refractivity contribution in [2.24, 2.45) is 5.92 Å². The van der Waals surface area contributed by atoms with Gasteiger partial charge in [0, 0.05) is 13.1 Å². The fourth-order valence-electron chi connectivity index (χ4n) is 3.63. The summed E-state index contributed by atoms with van der Waals surface area (Å²) in [5, 5.41) is 2.69. The highest BCUT2D eigenvalue weighted by molar-refractivity contribution is 7.89. The van der Waals surface area contributed by atoms with E-state index in [4.69, 9.17) is 9.47 Å². The molecule has 0 unspecified atom stereocenters. The largest absolute Gasteiger partial charge is 0.468 e. The summed E-state index contributed by atoms with van der Waals surface area (Å²) in [5.74, 6) is -0.756. The number of amides is 1. The first-order chi connectivity index (χ1) is 16.7. The van der Waals surface area contributed by atoms with Gasteiger partial charge in [0.25, 0.3) is 0 Å². The van der Waals surface area contributed by atoms with Crippen LogP contribution in [0.3, 0.4) is 0 Å². The van der Waals surface area contributed by atoms with E-state index >= 15 is 0 Å². The zero-order chi connectivity index (χ0) is 25.7. The van der Waals surface area contributed by atoms with Crippen LogP contribution in [0.25, 0.3) is 0 Å². The van der Waals surface area contributed by atoms with Gasteiger partial charge in [-0.2, -0.15) is 4.31 Å². The molecule has 1 amide bonds. The first kappa shape index (κ1) is 28.3. The number of alkyl carbamates (subject to hydrolysis) is 1. The molecule has 0 radical (unpaired) electrons. The normalized spacial score (nSPS) is 12.4. The van der Waals surface area contributed by atoms with Crippen LogP contribution in [0.15, 0.2) is 60.7 Å². The zero-order valence-electron chi connectivity index (χ0n) is 20.7. The minimum Gasteiger partial charge on any atom is -0.468 e. The molecule has 192 valence electrons. The summed E-state index contributed by atoms with van der Waals surface area (Å²) in [6.45, 7) is 4.26. The Hall–Kier alpha value is -2.91. The lowest BCUT2D eigenvalue weighted by Gasteiger charge is -2.30. The molecule has 35 heavy (non-hydrogen) atoms. The van der Waals surface area contributed by atoms with Crippen LogP contribution in [0.5, 0.6) is 0 Å². The lowest BCUT2D eigenvalue weighted by atomic mass is 10.1. The number of esters is 1. The number of carbonyl (C=O) groups is 2. The summed E-state index contributed by atoms with van der Waals surface area (Å²) in [6.07, 6.45) is 0.819. The maximum absolute atomic E-state index is 13.2. The predicted molar refractivity (Wildman–Crippen MR) is 135 cm³/mol. The van der Waals surface area contributed by atoms with Crippen molar-refractivity contribution >= 4 is 22.1 Å². The molecule has 2 aromatic rings. The molecule has 0 heterocycles. The van der Waals surface area contributed by atoms with Gasteiger partial charge < -0.3 is 14.8 Å². The number of unbranched alkanes of at least 4 members (excludes halogenated alkanes) is 1. The summed E-state index contributed by atoms with van der Waals surface area (Å²) in [7, 11) is -2.46. The van der Waals surface area contributed by atoms with E-state index in [0.717, 1.165) is 11.1 Å². The number of benzene rings is 2. The van der Waals surface area contributed by atoms with Gasteiger partial charge in [-0.15, -0.1) is 0 Å². The van der Waals surface area contributed by atoms with Gasteiger partial charge in [0.05, 0.1) is 12.9 Å². The minimum absolute atomic E-state index is 0.0673. The highest BCUT2D eigenvalue weighted by Gasteiger charge is 2.35. The fraction of sp³-hybridized carbons (Fsp3) is 0.462. The second-order valence-electron chi connectivity index (χ2n) is 8.73. The number of nitrogens with zero attached hydrogens (tertiary/aromatic N) is 1. The minimum atomic E-state index is -3.72. The van der Waals surface area contributed by atoms with E-state index in [1.165, 1.54) is 11.4 Å². The Balaban J connectivity index is 1.96. The number of hydrogen-bond acceptors (Lipinski definition) is 6. The van der Waals surface area contributed by atoms with Crippen LogP contribution in [-0.4, -0.2) is 50.2 Å². The summed E-state index contributed by atoms with van der Waals surface area (Å²) in [5.41, 5.74) is 1.68. The van der Waals surface area contributed by atoms with E-state index in [1.54, 1.807) is 0 Å². The van der Waals surface area contributed by atoms with Crippen LogP contribution >= 0.6 is 0 Å². The number of hydrogen-bond donors (Lipinski definition) is 1. The summed E-state index contributed by atoms with van der Waals surface area (Å²) >= 11 is 0. The average molecular weight is 505 g/mol. The number of ether oxygens (including phenoxy) is 2. The highest BCUT2D eigenvalue weighted by Crippen LogP contribution is 2.21. The molecule has 2 aromatic carbocycles. The highest BCUT2D eigenvalue weighted by atomic mass is 32.2. The van der Waals surface area contributed by atoms with Gasteiger partial charge >= 0.3 is 12.1 Å². The van der Waals surface area contributed by atoms with E-state index in [2.05, 4.69) is 5.32 Å². The molecule has 1 N–H and O–H groups in total. The van der Waals surface area contributed by atoms with E-state index < -0.39 is 28.1 Å². The molecule has 9 heteroatoms. The second kappa shape index (κ2) is 14.5. The topological polar surface area (TPSA) is 102 Å². The summed E-state index contributed by atoms with van der Waals surface area (Å²) in [6, 6.07) is 17.6. The third-order valence-electron chi connectivity index (χ3n) is 5.29. The van der Waals surface area contributed by atoms with Crippen molar-refractivity contribution < 1.29 is 27.5 Å². The number of nitrogens with one attached hydrogen (secondary N) is 1. The van der Waals surface area contributed by atoms with Crippen LogP contribution in [0.4, 0.5) is 4.79 Å². The molecular weight excluding hydrogens is 468 g/mol. The summed E-state index contributed by atoms with van der Waals surface area (Å²) < 4.78 is 37.8. The molecule has 0 fully saturated rings. The van der Waals surface area contributed by atoms with E-state index in [9.17, 15) is 18.0 Å². The van der Waals surface area contributed by atoms with Gasteiger partial charge in [0.15, 0.2) is 0 Å². The molecule has 0 saturated carbocycles. The van der Waals surface area contributed by atoms with Gasteiger partial charge in [-0.3, -0.25) is 4.79 Å². The standard InChI is InChI=1S/C26H36N2O6S/c1-21(2)20-35(31,32)28(18-22-12-6-4-7-13-22)24(25(29)33-3)16-10-11-17-27-26(30)34-19-23-14-8-5-9-15-23/h4-9,12-15,21,24H,10-11,16-20H2,1-3H3,(H,27,30)/t24-/m0/s1. The lowest BCUT2D eigenvalue weighted by Crippen LogP contribution is -2.46. The Labute approximate surface area is 208 Å². The number of carbonyl (C=O) groups excluding carboxylic acids is 2. The molecule has 0 aliphatic rings. The van der Waals surface area contributed by atoms with Crippen LogP contribution < -0.4 is 5.32 Å². The average Bonchev–Trinajstić information content (AvgIpc) is 2.84. The van der Waals surface area contributed by atoms with Crippen molar-refractivity contribution in [3.8, 4) is 0 Å². The van der Waals surface area contributed by atoms with Crippen LogP contribution in [-0.2, 0) is 37.4 Å². The first-order valence-electron chi connectivity index (χ1n) is 11.8. The number of rotatable bonds is 14. The van der Waals surface area contributed by atoms with Gasteiger partial charge in [0.2, 0.25) is 10.0 Å². The molecular formula is C26H36N2O6S. The number of methoxy groups -OCH3 is 1. The van der Waals surface area contributed by atoms with Crippen molar-refractivity contribution in [1.82, 2.24) is 9.62 Å². The van der Waals surface area contributed by atoms with Gasteiger partial charge in [-0.25, -0.2) is 13.2 Å². The third kappa shape index (κ3) is 10.1. The molecule has 1 atom stereocenters. The SMILES string of the molecule is COC(=O)[C@H](CCCCNC(=O)OCc1ccccc1)N(Cc1ccccc1)S(=O)(=O)CC(C)C. The van der Waals surface area contributed by atoms with Gasteiger partial charge in [-0.1, -0.05) is 74.5 Å². The van der Waals surface area contributed by atoms with Crippen LogP contribution in [0, 0.1) is 5.92 Å². The van der Waals surface area contributed by atoms with Crippen molar-refractivity contribution in [3.63, 3.8) is 0 Å². The van der Waals surface area contributed by atoms with E-state index in [1.807, 2.05) is 74.5 Å². The second-order valence-corrected chi connectivity index (χ2v) is 10.7. The molecule has 0 aliphatic heterocycles. The van der Waals surface area contributed by atoms with Crippen LogP contribution in [0.1, 0.15) is 44.2 Å². The Morgan fingerprint density at radius 1 is 0.943 bits per heavy atom. The summed E-state index contributed by atoms with van der Waals surface area (Å²) in [4.78, 5) is 24.6. The Morgan fingerprint density at radius 3 is 2.11 bits per heavy atom. The van der Waals surface area contributed by atoms with Gasteiger partial charge in [0.1, 0.15) is 12.6 Å². The van der Waals surface area contributed by atoms with E-state index in [-0.39, 0.29) is 31.2 Å². The van der Waals surface area contributed by atoms with Crippen molar-refractivity contribution in [3.05, 3.63) is 71.8 Å². The maximum Gasteiger partial charge on any atom is 0.407 e. The molecule has 0 saturated heterocycles. The first-order valence-corrected chi connectivity index (χ1v) is 13.4. The molecule has 8 nitrogen and oxygen atoms in total. The fourth-order valence-corrected chi connectivity index (χ4v) is 5.58. The van der Waals surface area contributed by atoms with Crippen molar-refractivity contribution in [2.75, 3.05) is 19.4 Å². The van der Waals surface area contributed by atoms with Crippen LogP contribution in [0.2, 0.25) is 0 Å². The lowest BCUT2D eigenvalue weighted by molar-refractivity contribution is -0.145. The van der Waals surface area contributed by atoms with Gasteiger partial charge in [-0.05, 0) is 36.3 Å². The molecule has 0 aliphatic carbocycles. The van der Waals surface area contributed by atoms with E-state index in [0.29, 0.717) is 19.4 Å². The smallest absolute Gasteiger partial charge is 0.407 e. The molecule has 0 bridgehead atoms. The monoisotopic (exact) mass is 504 g/mol. The predicted octanol–water partition coefficient (Wildman–Crippen LogP) is 4.11. The number of sulfonamides is 1. The Kier molecular flexibility index (Phi) is 11.7. The molecule has 0 aromatic heterocycles. The Bertz CT molecular complexity index is 1010. The van der Waals surface area contributed by atoms with Crippen molar-refractivity contribution in [2.45, 2.75) is 52.3 Å².